The Morgan fingerprint density at radius 3 is 2.33 bits per heavy atom. The average molecular weight is 254 g/mol. The second kappa shape index (κ2) is 4.46. The van der Waals surface area contributed by atoms with E-state index in [0.29, 0.717) is 12.0 Å². The van der Waals surface area contributed by atoms with Crippen LogP contribution in [-0.2, 0) is 14.2 Å². The first-order chi connectivity index (χ1) is 8.61. The Kier molecular flexibility index (Phi) is 3.20. The van der Waals surface area contributed by atoms with Crippen LogP contribution in [0.5, 0.6) is 0 Å². The number of fused-ring (bicyclic) bond motifs is 1. The topological polar surface area (TPSA) is 31.0 Å². The minimum Gasteiger partial charge on any atom is -0.366 e. The molecule has 0 amide bonds. The van der Waals surface area contributed by atoms with Crippen LogP contribution < -0.4 is 0 Å². The summed E-state index contributed by atoms with van der Waals surface area (Å²) >= 11 is 0. The van der Waals surface area contributed by atoms with Crippen molar-refractivity contribution in [2.24, 2.45) is 11.3 Å². The van der Waals surface area contributed by atoms with Crippen molar-refractivity contribution in [1.29, 1.82) is 0 Å². The highest BCUT2D eigenvalue weighted by atomic mass is 16.7. The summed E-state index contributed by atoms with van der Waals surface area (Å²) < 4.78 is 17.8. The third kappa shape index (κ3) is 2.10. The number of ether oxygens (including phenoxy) is 3. The van der Waals surface area contributed by atoms with Crippen molar-refractivity contribution < 1.29 is 14.2 Å². The lowest BCUT2D eigenvalue weighted by Gasteiger charge is -2.42. The number of epoxide rings is 1. The maximum atomic E-state index is 6.04. The molecule has 0 radical (unpaired) electrons. The summed E-state index contributed by atoms with van der Waals surface area (Å²) in [6.45, 7) is 8.44. The van der Waals surface area contributed by atoms with E-state index in [0.717, 1.165) is 38.9 Å². The molecule has 3 fully saturated rings. The monoisotopic (exact) mass is 254 g/mol. The van der Waals surface area contributed by atoms with Gasteiger partial charge in [0.15, 0.2) is 6.29 Å². The lowest BCUT2D eigenvalue weighted by molar-refractivity contribution is -0.254. The molecule has 3 heteroatoms. The van der Waals surface area contributed by atoms with E-state index in [4.69, 9.17) is 14.2 Å². The van der Waals surface area contributed by atoms with Gasteiger partial charge in [-0.1, -0.05) is 13.8 Å². The van der Waals surface area contributed by atoms with E-state index in [1.165, 1.54) is 6.42 Å². The fraction of sp³-hybridized carbons (Fsp3) is 1.00. The molecule has 2 aliphatic heterocycles. The predicted molar refractivity (Wildman–Crippen MR) is 69.3 cm³/mol. The molecule has 1 aliphatic carbocycles. The van der Waals surface area contributed by atoms with Crippen LogP contribution in [0, 0.1) is 11.3 Å². The predicted octanol–water partition coefficient (Wildman–Crippen LogP) is 3.12. The van der Waals surface area contributed by atoms with Gasteiger partial charge in [-0.15, -0.1) is 0 Å². The van der Waals surface area contributed by atoms with Gasteiger partial charge in [0.1, 0.15) is 0 Å². The zero-order valence-electron chi connectivity index (χ0n) is 11.9. The van der Waals surface area contributed by atoms with Crippen molar-refractivity contribution in [2.45, 2.75) is 70.9 Å². The summed E-state index contributed by atoms with van der Waals surface area (Å²) in [5.41, 5.74) is 0.456. The Labute approximate surface area is 110 Å². The van der Waals surface area contributed by atoms with E-state index in [1.54, 1.807) is 0 Å². The third-order valence-electron chi connectivity index (χ3n) is 5.56. The van der Waals surface area contributed by atoms with Gasteiger partial charge in [-0.3, -0.25) is 0 Å². The molecule has 2 heterocycles. The molecule has 0 spiro atoms. The summed E-state index contributed by atoms with van der Waals surface area (Å²) in [4.78, 5) is 0. The maximum absolute atomic E-state index is 6.04. The largest absolute Gasteiger partial charge is 0.366 e. The van der Waals surface area contributed by atoms with E-state index in [1.807, 2.05) is 0 Å². The van der Waals surface area contributed by atoms with Crippen molar-refractivity contribution in [3.05, 3.63) is 0 Å². The quantitative estimate of drug-likeness (QED) is 0.725. The average Bonchev–Trinajstić information content (AvgIpc) is 3.09. The molecule has 0 aromatic rings. The van der Waals surface area contributed by atoms with Crippen molar-refractivity contribution in [1.82, 2.24) is 0 Å². The van der Waals surface area contributed by atoms with Crippen LogP contribution in [0.4, 0.5) is 0 Å². The van der Waals surface area contributed by atoms with Crippen LogP contribution >= 0.6 is 0 Å². The Morgan fingerprint density at radius 2 is 1.78 bits per heavy atom. The Balaban J connectivity index is 1.54. The van der Waals surface area contributed by atoms with E-state index in [2.05, 4.69) is 20.8 Å². The lowest BCUT2D eigenvalue weighted by atomic mass is 9.80. The zero-order valence-corrected chi connectivity index (χ0v) is 11.9. The zero-order chi connectivity index (χ0) is 12.8. The van der Waals surface area contributed by atoms with Gasteiger partial charge in [-0.25, -0.2) is 0 Å². The van der Waals surface area contributed by atoms with Crippen molar-refractivity contribution in [3.63, 3.8) is 0 Å². The minimum absolute atomic E-state index is 0.0185. The standard InChI is InChI=1S/C15H26O3/c1-4-15(5-2)9-16-13(17-10-15)11-6-7-14(3)12(8-11)18-14/h11-13H,4-10H2,1-3H3. The van der Waals surface area contributed by atoms with Crippen LogP contribution in [0.15, 0.2) is 0 Å². The van der Waals surface area contributed by atoms with Gasteiger partial charge in [0, 0.05) is 11.3 Å². The van der Waals surface area contributed by atoms with Gasteiger partial charge in [0.25, 0.3) is 0 Å². The number of hydrogen-bond acceptors (Lipinski definition) is 3. The Bertz CT molecular complexity index is 303. The first kappa shape index (κ1) is 12.9. The van der Waals surface area contributed by atoms with Crippen molar-refractivity contribution in [3.8, 4) is 0 Å². The van der Waals surface area contributed by atoms with Gasteiger partial charge in [0.2, 0.25) is 0 Å². The van der Waals surface area contributed by atoms with E-state index in [-0.39, 0.29) is 17.3 Å². The van der Waals surface area contributed by atoms with Crippen molar-refractivity contribution >= 4 is 0 Å². The molecule has 3 rings (SSSR count). The first-order valence-corrected chi connectivity index (χ1v) is 7.52. The second-order valence-corrected chi connectivity index (χ2v) is 6.65. The van der Waals surface area contributed by atoms with Crippen LogP contribution in [-0.4, -0.2) is 31.2 Å². The number of hydrogen-bond donors (Lipinski definition) is 0. The molecular weight excluding hydrogens is 228 g/mol. The van der Waals surface area contributed by atoms with Crippen LogP contribution in [0.1, 0.15) is 52.9 Å². The highest BCUT2D eigenvalue weighted by Gasteiger charge is 2.56. The molecule has 3 aliphatic rings. The van der Waals surface area contributed by atoms with Gasteiger partial charge < -0.3 is 14.2 Å². The lowest BCUT2D eigenvalue weighted by Crippen LogP contribution is -2.45. The van der Waals surface area contributed by atoms with Gasteiger partial charge in [-0.05, 0) is 39.0 Å². The van der Waals surface area contributed by atoms with Gasteiger partial charge in [-0.2, -0.15) is 0 Å². The molecule has 3 nitrogen and oxygen atoms in total. The van der Waals surface area contributed by atoms with Crippen molar-refractivity contribution in [2.75, 3.05) is 13.2 Å². The SMILES string of the molecule is CCC1(CC)COC(C2CCC3(C)OC3C2)OC1. The summed E-state index contributed by atoms with van der Waals surface area (Å²) in [5.74, 6) is 0.539. The minimum atomic E-state index is 0.0185. The fourth-order valence-corrected chi connectivity index (χ4v) is 3.46. The molecule has 3 atom stereocenters. The van der Waals surface area contributed by atoms with Crippen LogP contribution in [0.3, 0.4) is 0 Å². The highest BCUT2D eigenvalue weighted by Crippen LogP contribution is 2.50. The molecule has 104 valence electrons. The summed E-state index contributed by atoms with van der Waals surface area (Å²) in [6.07, 6.45) is 6.24. The number of rotatable bonds is 3. The first-order valence-electron chi connectivity index (χ1n) is 7.52. The molecule has 0 aromatic carbocycles. The molecule has 1 saturated carbocycles. The normalized spacial score (nSPS) is 43.5. The molecule has 0 N–H and O–H groups in total. The molecular formula is C15H26O3. The Morgan fingerprint density at radius 1 is 1.11 bits per heavy atom. The van der Waals surface area contributed by atoms with Gasteiger partial charge >= 0.3 is 0 Å². The van der Waals surface area contributed by atoms with Gasteiger partial charge in [0.05, 0.1) is 24.9 Å². The summed E-state index contributed by atoms with van der Waals surface area (Å²) in [6, 6.07) is 0. The summed E-state index contributed by atoms with van der Waals surface area (Å²) in [5, 5.41) is 0. The highest BCUT2D eigenvalue weighted by molar-refractivity contribution is 5.04. The molecule has 0 bridgehead atoms. The van der Waals surface area contributed by atoms with Crippen LogP contribution in [0.2, 0.25) is 0 Å². The third-order valence-corrected chi connectivity index (χ3v) is 5.56. The fourth-order valence-electron chi connectivity index (χ4n) is 3.46. The maximum Gasteiger partial charge on any atom is 0.160 e. The second-order valence-electron chi connectivity index (χ2n) is 6.65. The van der Waals surface area contributed by atoms with E-state index >= 15 is 0 Å². The van der Waals surface area contributed by atoms with Crippen LogP contribution in [0.25, 0.3) is 0 Å². The molecule has 2 saturated heterocycles. The molecule has 0 aromatic heterocycles. The molecule has 3 unspecified atom stereocenters. The summed E-state index contributed by atoms with van der Waals surface area (Å²) in [7, 11) is 0. The van der Waals surface area contributed by atoms with E-state index in [9.17, 15) is 0 Å². The van der Waals surface area contributed by atoms with E-state index < -0.39 is 0 Å². The smallest absolute Gasteiger partial charge is 0.160 e. The Hall–Kier alpha value is -0.120. The molecule has 18 heavy (non-hydrogen) atoms.